The maximum atomic E-state index is 13.0. The Labute approximate surface area is 160 Å². The number of carbonyl (C=O) groups is 2. The fraction of sp³-hybridized carbons (Fsp3) is 0.421. The topological polar surface area (TPSA) is 70.5 Å². The van der Waals surface area contributed by atoms with Crippen molar-refractivity contribution < 1.29 is 14.7 Å². The highest BCUT2D eigenvalue weighted by molar-refractivity contribution is 7.17. The van der Waals surface area contributed by atoms with Crippen molar-refractivity contribution in [3.63, 3.8) is 0 Å². The number of aromatic nitrogens is 1. The minimum atomic E-state index is -0.792. The Bertz CT molecular complexity index is 860. The third kappa shape index (κ3) is 3.23. The standard InChI is InChI=1S/C19H19ClN2O3S/c1-10-16(26-17(21-10)12-4-6-13(20)7-5-12)18(23)22-8-14(11-2-3-11)15(9-22)19(24)25/h4-7,11,14-15H,2-3,8-9H2,1H3,(H,24,25)/t14-,15+/m1/s1. The van der Waals surface area contributed by atoms with Gasteiger partial charge in [-0.2, -0.15) is 0 Å². The van der Waals surface area contributed by atoms with Crippen LogP contribution in [-0.4, -0.2) is 40.0 Å². The number of hydrogen-bond donors (Lipinski definition) is 1. The molecular weight excluding hydrogens is 372 g/mol. The molecule has 7 heteroatoms. The number of carboxylic acid groups (broad SMARTS) is 1. The van der Waals surface area contributed by atoms with Gasteiger partial charge in [0.2, 0.25) is 0 Å². The van der Waals surface area contributed by atoms with Crippen LogP contribution in [0.1, 0.15) is 28.2 Å². The molecule has 26 heavy (non-hydrogen) atoms. The van der Waals surface area contributed by atoms with E-state index in [9.17, 15) is 14.7 Å². The molecule has 1 aliphatic heterocycles. The van der Waals surface area contributed by atoms with Crippen molar-refractivity contribution >= 4 is 34.8 Å². The first-order valence-corrected chi connectivity index (χ1v) is 9.89. The molecule has 1 saturated carbocycles. The molecule has 136 valence electrons. The van der Waals surface area contributed by atoms with E-state index in [1.807, 2.05) is 19.1 Å². The van der Waals surface area contributed by atoms with Gasteiger partial charge in [0, 0.05) is 23.7 Å². The van der Waals surface area contributed by atoms with Crippen molar-refractivity contribution in [3.8, 4) is 10.6 Å². The number of carboxylic acids is 1. The van der Waals surface area contributed by atoms with Crippen molar-refractivity contribution in [1.29, 1.82) is 0 Å². The number of carbonyl (C=O) groups excluding carboxylic acids is 1. The molecule has 0 unspecified atom stereocenters. The first-order chi connectivity index (χ1) is 12.4. The summed E-state index contributed by atoms with van der Waals surface area (Å²) < 4.78 is 0. The molecule has 2 heterocycles. The van der Waals surface area contributed by atoms with Crippen molar-refractivity contribution in [2.45, 2.75) is 19.8 Å². The van der Waals surface area contributed by atoms with Crippen LogP contribution in [0.4, 0.5) is 0 Å². The lowest BCUT2D eigenvalue weighted by Crippen LogP contribution is -2.29. The zero-order valence-corrected chi connectivity index (χ0v) is 15.9. The summed E-state index contributed by atoms with van der Waals surface area (Å²) in [6.07, 6.45) is 2.16. The Hall–Kier alpha value is -1.92. The van der Waals surface area contributed by atoms with Gasteiger partial charge in [-0.25, -0.2) is 4.98 Å². The number of likely N-dealkylation sites (tertiary alicyclic amines) is 1. The summed E-state index contributed by atoms with van der Waals surface area (Å²) in [5.74, 6) is -0.799. The van der Waals surface area contributed by atoms with Gasteiger partial charge in [0.1, 0.15) is 9.88 Å². The molecule has 0 bridgehead atoms. The third-order valence-electron chi connectivity index (χ3n) is 5.28. The fourth-order valence-corrected chi connectivity index (χ4v) is 4.88. The Balaban J connectivity index is 1.57. The van der Waals surface area contributed by atoms with Crippen LogP contribution >= 0.6 is 22.9 Å². The average Bonchev–Trinajstić information content (AvgIpc) is 3.23. The molecule has 5 nitrogen and oxygen atoms in total. The van der Waals surface area contributed by atoms with Crippen LogP contribution in [0.15, 0.2) is 24.3 Å². The summed E-state index contributed by atoms with van der Waals surface area (Å²) in [5.41, 5.74) is 1.61. The number of hydrogen-bond acceptors (Lipinski definition) is 4. The normalized spacial score (nSPS) is 22.6. The van der Waals surface area contributed by atoms with Crippen LogP contribution in [0.3, 0.4) is 0 Å². The number of aryl methyl sites for hydroxylation is 1. The summed E-state index contributed by atoms with van der Waals surface area (Å²) in [4.78, 5) is 31.4. The first kappa shape index (κ1) is 17.5. The molecule has 1 amide bonds. The number of thiazole rings is 1. The number of rotatable bonds is 4. The number of halogens is 1. The lowest BCUT2D eigenvalue weighted by molar-refractivity contribution is -0.142. The van der Waals surface area contributed by atoms with Crippen LogP contribution in [0, 0.1) is 24.7 Å². The molecule has 1 aromatic carbocycles. The average molecular weight is 391 g/mol. The van der Waals surface area contributed by atoms with Crippen LogP contribution in [0.2, 0.25) is 5.02 Å². The smallest absolute Gasteiger partial charge is 0.308 e. The zero-order chi connectivity index (χ0) is 18.4. The predicted octanol–water partition coefficient (Wildman–Crippen LogP) is 3.95. The second-order valence-corrected chi connectivity index (χ2v) is 8.53. The van der Waals surface area contributed by atoms with E-state index >= 15 is 0 Å². The van der Waals surface area contributed by atoms with Crippen molar-refractivity contribution in [2.75, 3.05) is 13.1 Å². The summed E-state index contributed by atoms with van der Waals surface area (Å²) in [6, 6.07) is 7.36. The van der Waals surface area contributed by atoms with Gasteiger partial charge in [-0.1, -0.05) is 23.7 Å². The van der Waals surface area contributed by atoms with Crippen molar-refractivity contribution in [1.82, 2.24) is 9.88 Å². The van der Waals surface area contributed by atoms with Crippen LogP contribution in [0.25, 0.3) is 10.6 Å². The van der Waals surface area contributed by atoms with Crippen molar-refractivity contribution in [2.24, 2.45) is 17.8 Å². The van der Waals surface area contributed by atoms with E-state index < -0.39 is 11.9 Å². The quantitative estimate of drug-likeness (QED) is 0.857. The minimum absolute atomic E-state index is 0.0837. The van der Waals surface area contributed by atoms with Crippen LogP contribution < -0.4 is 0 Å². The molecule has 2 atom stereocenters. The Morgan fingerprint density at radius 3 is 2.54 bits per heavy atom. The largest absolute Gasteiger partial charge is 0.481 e. The maximum Gasteiger partial charge on any atom is 0.308 e. The summed E-state index contributed by atoms with van der Waals surface area (Å²) in [7, 11) is 0. The van der Waals surface area contributed by atoms with Gasteiger partial charge in [0.15, 0.2) is 0 Å². The second kappa shape index (κ2) is 6.67. The number of amides is 1. The first-order valence-electron chi connectivity index (χ1n) is 8.69. The summed E-state index contributed by atoms with van der Waals surface area (Å²) in [6.45, 7) is 2.66. The highest BCUT2D eigenvalue weighted by Crippen LogP contribution is 2.44. The second-order valence-electron chi connectivity index (χ2n) is 7.10. The Morgan fingerprint density at radius 1 is 1.23 bits per heavy atom. The van der Waals surface area contributed by atoms with Gasteiger partial charge < -0.3 is 10.0 Å². The summed E-state index contributed by atoms with van der Waals surface area (Å²) in [5, 5.41) is 10.9. The lowest BCUT2D eigenvalue weighted by Gasteiger charge is -2.15. The van der Waals surface area contributed by atoms with Gasteiger partial charge in [0.25, 0.3) is 5.91 Å². The molecule has 1 aliphatic carbocycles. The SMILES string of the molecule is Cc1nc(-c2ccc(Cl)cc2)sc1C(=O)N1C[C@H](C(=O)O)[C@@H](C2CC2)C1. The molecule has 2 fully saturated rings. The molecule has 2 aliphatic rings. The van der Waals surface area contributed by atoms with E-state index in [1.54, 1.807) is 17.0 Å². The van der Waals surface area contributed by atoms with Crippen LogP contribution in [0.5, 0.6) is 0 Å². The highest BCUT2D eigenvalue weighted by atomic mass is 35.5. The zero-order valence-electron chi connectivity index (χ0n) is 14.3. The third-order valence-corrected chi connectivity index (χ3v) is 6.73. The Kier molecular flexibility index (Phi) is 4.49. The van der Waals surface area contributed by atoms with E-state index in [0.29, 0.717) is 34.6 Å². The van der Waals surface area contributed by atoms with Crippen LogP contribution in [-0.2, 0) is 4.79 Å². The monoisotopic (exact) mass is 390 g/mol. The lowest BCUT2D eigenvalue weighted by atomic mass is 9.92. The maximum absolute atomic E-state index is 13.0. The number of aliphatic carboxylic acids is 1. The van der Waals surface area contributed by atoms with E-state index in [1.165, 1.54) is 11.3 Å². The van der Waals surface area contributed by atoms with Gasteiger partial charge >= 0.3 is 5.97 Å². The number of nitrogens with zero attached hydrogens (tertiary/aromatic N) is 2. The highest BCUT2D eigenvalue weighted by Gasteiger charge is 2.47. The van der Waals surface area contributed by atoms with Gasteiger partial charge in [-0.15, -0.1) is 11.3 Å². The summed E-state index contributed by atoms with van der Waals surface area (Å²) >= 11 is 7.29. The van der Waals surface area contributed by atoms with E-state index in [0.717, 1.165) is 23.4 Å². The van der Waals surface area contributed by atoms with Crippen molar-refractivity contribution in [3.05, 3.63) is 39.9 Å². The van der Waals surface area contributed by atoms with E-state index in [-0.39, 0.29) is 11.8 Å². The molecule has 0 radical (unpaired) electrons. The molecule has 1 saturated heterocycles. The predicted molar refractivity (Wildman–Crippen MR) is 101 cm³/mol. The molecule has 1 aromatic heterocycles. The molecular formula is C19H19ClN2O3S. The van der Waals surface area contributed by atoms with Gasteiger partial charge in [0.05, 0.1) is 11.6 Å². The Morgan fingerprint density at radius 2 is 1.92 bits per heavy atom. The molecule has 4 rings (SSSR count). The molecule has 2 aromatic rings. The van der Waals surface area contributed by atoms with Gasteiger partial charge in [-0.05, 0) is 43.7 Å². The molecule has 1 N–H and O–H groups in total. The molecule has 0 spiro atoms. The number of benzene rings is 1. The van der Waals surface area contributed by atoms with E-state index in [2.05, 4.69) is 4.98 Å². The van der Waals surface area contributed by atoms with E-state index in [4.69, 9.17) is 11.6 Å². The minimum Gasteiger partial charge on any atom is -0.481 e. The fourth-order valence-electron chi connectivity index (χ4n) is 3.71. The van der Waals surface area contributed by atoms with Gasteiger partial charge in [-0.3, -0.25) is 9.59 Å².